The second-order valence-corrected chi connectivity index (χ2v) is 11.2. The Kier molecular flexibility index (Phi) is 10.9. The SMILES string of the molecule is CC[C@@H](C)NC(=O)[C@@H](C)N(Cc1c(Cl)cccc1Cl)C(=O)CCCN(c1ccccc1)S(C)(=O)=O. The van der Waals surface area contributed by atoms with Crippen molar-refractivity contribution in [2.24, 2.45) is 0 Å². The summed E-state index contributed by atoms with van der Waals surface area (Å²) in [7, 11) is -3.53. The van der Waals surface area contributed by atoms with E-state index >= 15 is 0 Å². The van der Waals surface area contributed by atoms with Gasteiger partial charge in [0.25, 0.3) is 0 Å². The maximum absolute atomic E-state index is 13.3. The number of nitrogens with one attached hydrogen (secondary N) is 1. The van der Waals surface area contributed by atoms with E-state index in [1.54, 1.807) is 55.5 Å². The van der Waals surface area contributed by atoms with Gasteiger partial charge in [-0.2, -0.15) is 0 Å². The Morgan fingerprint density at radius 2 is 1.60 bits per heavy atom. The van der Waals surface area contributed by atoms with Crippen LogP contribution in [0.25, 0.3) is 0 Å². The maximum atomic E-state index is 13.3. The molecule has 0 bridgehead atoms. The van der Waals surface area contributed by atoms with E-state index in [0.717, 1.165) is 12.7 Å². The summed E-state index contributed by atoms with van der Waals surface area (Å²) in [5.74, 6) is -0.577. The molecule has 0 aliphatic rings. The molecule has 0 radical (unpaired) electrons. The van der Waals surface area contributed by atoms with E-state index in [9.17, 15) is 18.0 Å². The number of halogens is 2. The maximum Gasteiger partial charge on any atom is 0.242 e. The zero-order valence-electron chi connectivity index (χ0n) is 20.5. The molecular formula is C25H33Cl2N3O4S. The Hall–Kier alpha value is -2.29. The van der Waals surface area contributed by atoms with Crippen molar-refractivity contribution in [1.29, 1.82) is 0 Å². The van der Waals surface area contributed by atoms with Crippen LogP contribution in [0.4, 0.5) is 5.69 Å². The van der Waals surface area contributed by atoms with Crippen LogP contribution < -0.4 is 9.62 Å². The minimum atomic E-state index is -3.53. The van der Waals surface area contributed by atoms with Crippen LogP contribution in [-0.2, 0) is 26.2 Å². The number of carbonyl (C=O) groups is 2. The molecule has 7 nitrogen and oxygen atoms in total. The molecule has 192 valence electrons. The summed E-state index contributed by atoms with van der Waals surface area (Å²) in [6.45, 7) is 5.70. The minimum absolute atomic E-state index is 0.0417. The van der Waals surface area contributed by atoms with Gasteiger partial charge in [-0.1, -0.05) is 54.4 Å². The lowest BCUT2D eigenvalue weighted by Crippen LogP contribution is -2.49. The van der Waals surface area contributed by atoms with Gasteiger partial charge in [0.15, 0.2) is 0 Å². The van der Waals surface area contributed by atoms with Crippen molar-refractivity contribution in [2.75, 3.05) is 17.1 Å². The van der Waals surface area contributed by atoms with Crippen molar-refractivity contribution in [3.05, 3.63) is 64.1 Å². The van der Waals surface area contributed by atoms with Crippen molar-refractivity contribution in [3.8, 4) is 0 Å². The van der Waals surface area contributed by atoms with Crippen LogP contribution in [0.15, 0.2) is 48.5 Å². The average molecular weight is 543 g/mol. The van der Waals surface area contributed by atoms with Gasteiger partial charge in [0.2, 0.25) is 21.8 Å². The Morgan fingerprint density at radius 3 is 2.14 bits per heavy atom. The van der Waals surface area contributed by atoms with Crippen LogP contribution in [0.1, 0.15) is 45.6 Å². The highest BCUT2D eigenvalue weighted by Crippen LogP contribution is 2.27. The summed E-state index contributed by atoms with van der Waals surface area (Å²) < 4.78 is 25.9. The first-order valence-electron chi connectivity index (χ1n) is 11.5. The molecule has 2 aromatic carbocycles. The molecule has 2 rings (SSSR count). The van der Waals surface area contributed by atoms with Gasteiger partial charge in [0.1, 0.15) is 6.04 Å². The molecule has 2 aromatic rings. The van der Waals surface area contributed by atoms with Crippen molar-refractivity contribution in [3.63, 3.8) is 0 Å². The zero-order chi connectivity index (χ0) is 26.2. The van der Waals surface area contributed by atoms with Crippen molar-refractivity contribution in [2.45, 2.75) is 58.7 Å². The fraction of sp³-hybridized carbons (Fsp3) is 0.440. The first-order chi connectivity index (χ1) is 16.5. The Bertz CT molecular complexity index is 1090. The van der Waals surface area contributed by atoms with Crippen LogP contribution in [0.3, 0.4) is 0 Å². The molecule has 0 aliphatic carbocycles. The molecule has 0 spiro atoms. The van der Waals surface area contributed by atoms with Crippen LogP contribution in [0.2, 0.25) is 10.0 Å². The van der Waals surface area contributed by atoms with Gasteiger partial charge >= 0.3 is 0 Å². The van der Waals surface area contributed by atoms with E-state index in [0.29, 0.717) is 21.3 Å². The second-order valence-electron chi connectivity index (χ2n) is 8.49. The van der Waals surface area contributed by atoms with Gasteiger partial charge < -0.3 is 10.2 Å². The van der Waals surface area contributed by atoms with Gasteiger partial charge in [0.05, 0.1) is 11.9 Å². The summed E-state index contributed by atoms with van der Waals surface area (Å²) in [6.07, 6.45) is 2.20. The molecule has 35 heavy (non-hydrogen) atoms. The van der Waals surface area contributed by atoms with E-state index in [1.165, 1.54) is 9.21 Å². The van der Waals surface area contributed by atoms with Crippen molar-refractivity contribution >= 4 is 50.7 Å². The number of nitrogens with zero attached hydrogens (tertiary/aromatic N) is 2. The third-order valence-corrected chi connectivity index (χ3v) is 7.66. The summed E-state index contributed by atoms with van der Waals surface area (Å²) in [5, 5.41) is 3.71. The minimum Gasteiger partial charge on any atom is -0.352 e. The predicted octanol–water partition coefficient (Wildman–Crippen LogP) is 4.87. The van der Waals surface area contributed by atoms with Crippen molar-refractivity contribution in [1.82, 2.24) is 10.2 Å². The highest BCUT2D eigenvalue weighted by molar-refractivity contribution is 7.92. The van der Waals surface area contributed by atoms with E-state index < -0.39 is 16.1 Å². The average Bonchev–Trinajstić information content (AvgIpc) is 2.80. The standard InChI is InChI=1S/C25H33Cl2N3O4S/c1-5-18(2)28-25(32)19(3)29(17-21-22(26)13-9-14-23(21)27)24(31)15-10-16-30(35(4,33)34)20-11-7-6-8-12-20/h6-9,11-14,18-19H,5,10,15-17H2,1-4H3,(H,28,32)/t18-,19-/m1/s1. The number of anilines is 1. The monoisotopic (exact) mass is 541 g/mol. The molecule has 0 fully saturated rings. The Balaban J connectivity index is 2.21. The molecule has 10 heteroatoms. The van der Waals surface area contributed by atoms with E-state index in [2.05, 4.69) is 5.32 Å². The van der Waals surface area contributed by atoms with Crippen molar-refractivity contribution < 1.29 is 18.0 Å². The fourth-order valence-electron chi connectivity index (χ4n) is 3.50. The number of para-hydroxylation sites is 1. The topological polar surface area (TPSA) is 86.8 Å². The number of sulfonamides is 1. The Labute approximate surface area is 218 Å². The fourth-order valence-corrected chi connectivity index (χ4v) is 4.98. The lowest BCUT2D eigenvalue weighted by atomic mass is 10.1. The molecule has 0 heterocycles. The molecule has 2 amide bonds. The number of amides is 2. The first kappa shape index (κ1) is 28.9. The predicted molar refractivity (Wildman–Crippen MR) is 142 cm³/mol. The van der Waals surface area contributed by atoms with E-state index in [1.807, 2.05) is 13.8 Å². The molecular weight excluding hydrogens is 509 g/mol. The molecule has 0 aromatic heterocycles. The smallest absolute Gasteiger partial charge is 0.242 e. The largest absolute Gasteiger partial charge is 0.352 e. The van der Waals surface area contributed by atoms with E-state index in [4.69, 9.17) is 23.2 Å². The number of hydrogen-bond donors (Lipinski definition) is 1. The van der Waals surface area contributed by atoms with Crippen LogP contribution >= 0.6 is 23.2 Å². The molecule has 0 saturated carbocycles. The summed E-state index contributed by atoms with van der Waals surface area (Å²) >= 11 is 12.7. The lowest BCUT2D eigenvalue weighted by molar-refractivity contribution is -0.140. The second kappa shape index (κ2) is 13.1. The third-order valence-electron chi connectivity index (χ3n) is 5.75. The highest BCUT2D eigenvalue weighted by atomic mass is 35.5. The molecule has 2 atom stereocenters. The summed E-state index contributed by atoms with van der Waals surface area (Å²) in [4.78, 5) is 27.6. The number of benzene rings is 2. The molecule has 0 saturated heterocycles. The van der Waals surface area contributed by atoms with E-state index in [-0.39, 0.29) is 43.8 Å². The van der Waals surface area contributed by atoms with Gasteiger partial charge in [0, 0.05) is 41.2 Å². The number of carbonyl (C=O) groups excluding carboxylic acids is 2. The summed E-state index contributed by atoms with van der Waals surface area (Å²) in [6, 6.07) is 13.0. The number of rotatable bonds is 12. The lowest BCUT2D eigenvalue weighted by Gasteiger charge is -2.30. The zero-order valence-corrected chi connectivity index (χ0v) is 22.8. The van der Waals surface area contributed by atoms with Gasteiger partial charge in [-0.3, -0.25) is 13.9 Å². The third kappa shape index (κ3) is 8.40. The number of hydrogen-bond acceptors (Lipinski definition) is 4. The normalized spacial score (nSPS) is 13.1. The molecule has 0 unspecified atom stereocenters. The van der Waals surface area contributed by atoms with Crippen LogP contribution in [0, 0.1) is 0 Å². The Morgan fingerprint density at radius 1 is 1.00 bits per heavy atom. The highest BCUT2D eigenvalue weighted by Gasteiger charge is 2.28. The quantitative estimate of drug-likeness (QED) is 0.415. The molecule has 0 aliphatic heterocycles. The summed E-state index contributed by atoms with van der Waals surface area (Å²) in [5.41, 5.74) is 1.08. The first-order valence-corrected chi connectivity index (χ1v) is 14.1. The molecule has 1 N–H and O–H groups in total. The van der Waals surface area contributed by atoms with Gasteiger partial charge in [-0.25, -0.2) is 8.42 Å². The van der Waals surface area contributed by atoms with Crippen LogP contribution in [-0.4, -0.2) is 50.0 Å². The van der Waals surface area contributed by atoms with Crippen LogP contribution in [0.5, 0.6) is 0 Å². The van der Waals surface area contributed by atoms with Gasteiger partial charge in [-0.05, 0) is 51.0 Å². The van der Waals surface area contributed by atoms with Gasteiger partial charge in [-0.15, -0.1) is 0 Å².